The molecule has 5 heteroatoms. The number of carbonyl (C=O) groups is 1. The van der Waals surface area contributed by atoms with Crippen LogP contribution in [0.15, 0.2) is 24.3 Å². The Hall–Kier alpha value is -1.07. The number of hydrogen-bond acceptors (Lipinski definition) is 3. The summed E-state index contributed by atoms with van der Waals surface area (Å²) in [5, 5.41) is 0.766. The van der Waals surface area contributed by atoms with Crippen molar-refractivity contribution in [3.63, 3.8) is 0 Å². The quantitative estimate of drug-likeness (QED) is 0.762. The van der Waals surface area contributed by atoms with Gasteiger partial charge in [-0.15, -0.1) is 0 Å². The van der Waals surface area contributed by atoms with E-state index in [0.717, 1.165) is 23.1 Å². The van der Waals surface area contributed by atoms with Crippen molar-refractivity contribution < 1.29 is 14.3 Å². The molecule has 0 N–H and O–H groups in total. The Balaban J connectivity index is 1.87. The number of hydrogen-bond donors (Lipinski definition) is 0. The van der Waals surface area contributed by atoms with Crippen LogP contribution in [0, 0.1) is 0 Å². The number of ether oxygens (including phenoxy) is 2. The second-order valence-electron chi connectivity index (χ2n) is 5.35. The molecule has 116 valence electrons. The first-order valence-corrected chi connectivity index (χ1v) is 8.36. The Labute approximate surface area is 134 Å². The fourth-order valence-electron chi connectivity index (χ4n) is 2.45. The zero-order chi connectivity index (χ0) is 15.2. The van der Waals surface area contributed by atoms with Gasteiger partial charge in [0.15, 0.2) is 0 Å². The number of alkyl halides is 1. The zero-order valence-corrected chi connectivity index (χ0v) is 14.1. The number of methoxy groups -OCH3 is 1. The van der Waals surface area contributed by atoms with Gasteiger partial charge in [0, 0.05) is 18.3 Å². The van der Waals surface area contributed by atoms with Gasteiger partial charge in [0.25, 0.3) is 0 Å². The molecule has 0 radical (unpaired) electrons. The van der Waals surface area contributed by atoms with Crippen LogP contribution < -0.4 is 4.74 Å². The number of aryl methyl sites for hydroxylation is 1. The third-order valence-corrected chi connectivity index (χ3v) is 4.51. The summed E-state index contributed by atoms with van der Waals surface area (Å²) < 4.78 is 10.8. The molecule has 1 aliphatic heterocycles. The first-order valence-electron chi connectivity index (χ1n) is 7.24. The SMILES string of the molecule is COc1ccc(CCC(=O)N2CC(CBr)OCC2C)cc1. The van der Waals surface area contributed by atoms with Crippen molar-refractivity contribution in [2.24, 2.45) is 0 Å². The summed E-state index contributed by atoms with van der Waals surface area (Å²) in [4.78, 5) is 14.3. The fraction of sp³-hybridized carbons (Fsp3) is 0.562. The van der Waals surface area contributed by atoms with Crippen LogP contribution in [0.3, 0.4) is 0 Å². The van der Waals surface area contributed by atoms with Crippen LogP contribution in [0.5, 0.6) is 5.75 Å². The number of benzene rings is 1. The highest BCUT2D eigenvalue weighted by atomic mass is 79.9. The van der Waals surface area contributed by atoms with E-state index in [9.17, 15) is 4.79 Å². The number of morpholine rings is 1. The topological polar surface area (TPSA) is 38.8 Å². The summed E-state index contributed by atoms with van der Waals surface area (Å²) in [5.74, 6) is 1.04. The molecule has 1 heterocycles. The summed E-state index contributed by atoms with van der Waals surface area (Å²) in [7, 11) is 1.65. The Morgan fingerprint density at radius 1 is 1.43 bits per heavy atom. The van der Waals surface area contributed by atoms with Crippen molar-refractivity contribution in [3.05, 3.63) is 29.8 Å². The van der Waals surface area contributed by atoms with Gasteiger partial charge in [0.2, 0.25) is 5.91 Å². The van der Waals surface area contributed by atoms with E-state index in [-0.39, 0.29) is 18.1 Å². The van der Waals surface area contributed by atoms with Gasteiger partial charge < -0.3 is 14.4 Å². The highest BCUT2D eigenvalue weighted by Crippen LogP contribution is 2.17. The van der Waals surface area contributed by atoms with Crippen molar-refractivity contribution in [2.75, 3.05) is 25.6 Å². The van der Waals surface area contributed by atoms with E-state index in [1.165, 1.54) is 0 Å². The molecule has 0 bridgehead atoms. The molecule has 2 rings (SSSR count). The van der Waals surface area contributed by atoms with Crippen LogP contribution >= 0.6 is 15.9 Å². The van der Waals surface area contributed by atoms with Crippen molar-refractivity contribution in [1.29, 1.82) is 0 Å². The number of rotatable bonds is 5. The maximum atomic E-state index is 12.4. The molecule has 1 aromatic rings. The van der Waals surface area contributed by atoms with E-state index in [2.05, 4.69) is 15.9 Å². The molecule has 1 aromatic carbocycles. The summed E-state index contributed by atoms with van der Waals surface area (Å²) in [6.07, 6.45) is 1.39. The Kier molecular flexibility index (Phi) is 6.06. The van der Waals surface area contributed by atoms with Gasteiger partial charge in [-0.25, -0.2) is 0 Å². The predicted molar refractivity (Wildman–Crippen MR) is 86.0 cm³/mol. The molecule has 2 unspecified atom stereocenters. The molecule has 21 heavy (non-hydrogen) atoms. The number of nitrogens with zero attached hydrogens (tertiary/aromatic N) is 1. The lowest BCUT2D eigenvalue weighted by Crippen LogP contribution is -2.51. The highest BCUT2D eigenvalue weighted by Gasteiger charge is 2.28. The molecule has 0 saturated carbocycles. The summed E-state index contributed by atoms with van der Waals surface area (Å²) >= 11 is 3.42. The second-order valence-corrected chi connectivity index (χ2v) is 6.00. The summed E-state index contributed by atoms with van der Waals surface area (Å²) in [5.41, 5.74) is 1.15. The predicted octanol–water partition coefficient (Wildman–Crippen LogP) is 2.64. The molecule has 0 aliphatic carbocycles. The van der Waals surface area contributed by atoms with Gasteiger partial charge in [-0.1, -0.05) is 28.1 Å². The maximum Gasteiger partial charge on any atom is 0.223 e. The van der Waals surface area contributed by atoms with Gasteiger partial charge >= 0.3 is 0 Å². The number of amides is 1. The van der Waals surface area contributed by atoms with Crippen LogP contribution in [0.2, 0.25) is 0 Å². The van der Waals surface area contributed by atoms with E-state index in [1.54, 1.807) is 7.11 Å². The van der Waals surface area contributed by atoms with Gasteiger partial charge in [-0.05, 0) is 31.0 Å². The minimum absolute atomic E-state index is 0.103. The summed E-state index contributed by atoms with van der Waals surface area (Å²) in [6, 6.07) is 8.03. The molecule has 2 atom stereocenters. The second kappa shape index (κ2) is 7.80. The van der Waals surface area contributed by atoms with E-state index in [1.807, 2.05) is 36.1 Å². The molecule has 1 aliphatic rings. The minimum Gasteiger partial charge on any atom is -0.497 e. The van der Waals surface area contributed by atoms with Crippen LogP contribution in [-0.4, -0.2) is 48.5 Å². The smallest absolute Gasteiger partial charge is 0.223 e. The van der Waals surface area contributed by atoms with Crippen molar-refractivity contribution in [1.82, 2.24) is 4.90 Å². The lowest BCUT2D eigenvalue weighted by Gasteiger charge is -2.37. The molecule has 0 spiro atoms. The third kappa shape index (κ3) is 4.45. The van der Waals surface area contributed by atoms with Crippen LogP contribution in [0.4, 0.5) is 0 Å². The lowest BCUT2D eigenvalue weighted by atomic mass is 10.1. The van der Waals surface area contributed by atoms with Crippen LogP contribution in [-0.2, 0) is 16.0 Å². The zero-order valence-electron chi connectivity index (χ0n) is 12.5. The summed E-state index contributed by atoms with van der Waals surface area (Å²) in [6.45, 7) is 3.33. The Bertz CT molecular complexity index is 463. The molecule has 1 amide bonds. The van der Waals surface area contributed by atoms with Crippen molar-refractivity contribution in [2.45, 2.75) is 31.9 Å². The molecule has 1 fully saturated rings. The van der Waals surface area contributed by atoms with E-state index >= 15 is 0 Å². The Morgan fingerprint density at radius 3 is 2.76 bits per heavy atom. The minimum atomic E-state index is 0.103. The first-order chi connectivity index (χ1) is 10.1. The van der Waals surface area contributed by atoms with Gasteiger partial charge in [0.1, 0.15) is 5.75 Å². The normalized spacial score (nSPS) is 22.1. The Morgan fingerprint density at radius 2 is 2.14 bits per heavy atom. The monoisotopic (exact) mass is 355 g/mol. The van der Waals surface area contributed by atoms with Gasteiger partial charge in [0.05, 0.1) is 25.9 Å². The molecular weight excluding hydrogens is 334 g/mol. The molecule has 1 saturated heterocycles. The van der Waals surface area contributed by atoms with E-state index < -0.39 is 0 Å². The standard InChI is InChI=1S/C16H22BrNO3/c1-12-11-21-15(9-17)10-18(12)16(19)8-5-13-3-6-14(20-2)7-4-13/h3-4,6-7,12,15H,5,8-11H2,1-2H3. The first kappa shape index (κ1) is 16.3. The average molecular weight is 356 g/mol. The molecule has 4 nitrogen and oxygen atoms in total. The van der Waals surface area contributed by atoms with Crippen molar-refractivity contribution in [3.8, 4) is 5.75 Å². The molecule has 0 aromatic heterocycles. The molecular formula is C16H22BrNO3. The maximum absolute atomic E-state index is 12.4. The van der Waals surface area contributed by atoms with Crippen LogP contribution in [0.25, 0.3) is 0 Å². The van der Waals surface area contributed by atoms with Gasteiger partial charge in [-0.3, -0.25) is 4.79 Å². The average Bonchev–Trinajstić information content (AvgIpc) is 2.53. The lowest BCUT2D eigenvalue weighted by molar-refractivity contribution is -0.142. The van der Waals surface area contributed by atoms with E-state index in [0.29, 0.717) is 19.6 Å². The van der Waals surface area contributed by atoms with Crippen molar-refractivity contribution >= 4 is 21.8 Å². The highest BCUT2D eigenvalue weighted by molar-refractivity contribution is 9.09. The number of carbonyl (C=O) groups excluding carboxylic acids is 1. The largest absolute Gasteiger partial charge is 0.497 e. The van der Waals surface area contributed by atoms with Gasteiger partial charge in [-0.2, -0.15) is 0 Å². The third-order valence-electron chi connectivity index (χ3n) is 3.78. The fourth-order valence-corrected chi connectivity index (χ4v) is 2.84. The number of halogens is 1. The van der Waals surface area contributed by atoms with E-state index in [4.69, 9.17) is 9.47 Å². The van der Waals surface area contributed by atoms with Crippen LogP contribution in [0.1, 0.15) is 18.9 Å².